The monoisotopic (exact) mass is 444 g/mol. The number of carbonyl (C=O) groups is 2. The van der Waals surface area contributed by atoms with Crippen LogP contribution >= 0.6 is 11.6 Å². The normalized spacial score (nSPS) is 15.2. The third-order valence-electron chi connectivity index (χ3n) is 5.31. The van der Waals surface area contributed by atoms with Crippen molar-refractivity contribution < 1.29 is 14.3 Å². The summed E-state index contributed by atoms with van der Waals surface area (Å²) in [5, 5.41) is 6.07. The Labute approximate surface area is 188 Å². The SMILES string of the molecule is CN(C)c1ccc([C@@H](CNC(=O)C(=O)NCc2ccc(Cl)cc2)N2CCOCC2)cc1. The molecule has 1 heterocycles. The Hall–Kier alpha value is -2.61. The predicted molar refractivity (Wildman–Crippen MR) is 122 cm³/mol. The first kappa shape index (κ1) is 23.1. The minimum Gasteiger partial charge on any atom is -0.379 e. The van der Waals surface area contributed by atoms with Crippen molar-refractivity contribution >= 4 is 29.1 Å². The molecule has 0 saturated carbocycles. The molecule has 1 aliphatic rings. The molecule has 0 aliphatic carbocycles. The van der Waals surface area contributed by atoms with E-state index < -0.39 is 11.8 Å². The molecular weight excluding hydrogens is 416 g/mol. The van der Waals surface area contributed by atoms with E-state index in [0.717, 1.165) is 29.9 Å². The molecule has 0 radical (unpaired) electrons. The number of hydrogen-bond donors (Lipinski definition) is 2. The highest BCUT2D eigenvalue weighted by molar-refractivity contribution is 6.35. The van der Waals surface area contributed by atoms with Gasteiger partial charge in [0.1, 0.15) is 0 Å². The fourth-order valence-electron chi connectivity index (χ4n) is 3.48. The van der Waals surface area contributed by atoms with Crippen LogP contribution in [0.2, 0.25) is 5.02 Å². The maximum Gasteiger partial charge on any atom is 0.309 e. The number of nitrogens with zero attached hydrogens (tertiary/aromatic N) is 2. The lowest BCUT2D eigenvalue weighted by molar-refractivity contribution is -0.139. The summed E-state index contributed by atoms with van der Waals surface area (Å²) in [5.74, 6) is -1.30. The van der Waals surface area contributed by atoms with Crippen LogP contribution in [0.1, 0.15) is 17.2 Å². The first-order valence-electron chi connectivity index (χ1n) is 10.3. The molecule has 1 saturated heterocycles. The molecule has 1 fully saturated rings. The van der Waals surface area contributed by atoms with Gasteiger partial charge in [0.15, 0.2) is 0 Å². The number of anilines is 1. The Kier molecular flexibility index (Phi) is 8.28. The lowest BCUT2D eigenvalue weighted by atomic mass is 10.0. The smallest absolute Gasteiger partial charge is 0.309 e. The average molecular weight is 445 g/mol. The van der Waals surface area contributed by atoms with E-state index in [2.05, 4.69) is 39.8 Å². The van der Waals surface area contributed by atoms with Gasteiger partial charge in [0.05, 0.1) is 19.3 Å². The van der Waals surface area contributed by atoms with Gasteiger partial charge in [-0.1, -0.05) is 35.9 Å². The van der Waals surface area contributed by atoms with Crippen molar-refractivity contribution in [3.8, 4) is 0 Å². The van der Waals surface area contributed by atoms with Gasteiger partial charge >= 0.3 is 11.8 Å². The Morgan fingerprint density at radius 2 is 1.61 bits per heavy atom. The van der Waals surface area contributed by atoms with E-state index in [9.17, 15) is 9.59 Å². The van der Waals surface area contributed by atoms with Gasteiger partial charge in [-0.3, -0.25) is 14.5 Å². The van der Waals surface area contributed by atoms with E-state index in [1.54, 1.807) is 12.1 Å². The number of rotatable bonds is 7. The van der Waals surface area contributed by atoms with Gasteiger partial charge in [-0.05, 0) is 35.4 Å². The summed E-state index contributed by atoms with van der Waals surface area (Å²) < 4.78 is 5.47. The number of carbonyl (C=O) groups excluding carboxylic acids is 2. The molecule has 0 bridgehead atoms. The zero-order chi connectivity index (χ0) is 22.2. The topological polar surface area (TPSA) is 73.9 Å². The van der Waals surface area contributed by atoms with Crippen LogP contribution < -0.4 is 15.5 Å². The summed E-state index contributed by atoms with van der Waals surface area (Å²) in [6.07, 6.45) is 0. The van der Waals surface area contributed by atoms with Crippen molar-refractivity contribution in [1.82, 2.24) is 15.5 Å². The summed E-state index contributed by atoms with van der Waals surface area (Å²) in [4.78, 5) is 28.9. The Morgan fingerprint density at radius 1 is 1.00 bits per heavy atom. The summed E-state index contributed by atoms with van der Waals surface area (Å²) in [7, 11) is 3.99. The zero-order valence-electron chi connectivity index (χ0n) is 17.9. The van der Waals surface area contributed by atoms with Gasteiger partial charge < -0.3 is 20.3 Å². The first-order valence-corrected chi connectivity index (χ1v) is 10.7. The van der Waals surface area contributed by atoms with Crippen LogP contribution in [0.4, 0.5) is 5.69 Å². The van der Waals surface area contributed by atoms with Gasteiger partial charge in [0, 0.05) is 51.0 Å². The van der Waals surface area contributed by atoms with Crippen molar-refractivity contribution in [2.75, 3.05) is 51.8 Å². The molecule has 31 heavy (non-hydrogen) atoms. The van der Waals surface area contributed by atoms with Crippen molar-refractivity contribution in [2.24, 2.45) is 0 Å². The molecule has 8 heteroatoms. The van der Waals surface area contributed by atoms with Gasteiger partial charge in [-0.15, -0.1) is 0 Å². The number of amides is 2. The molecule has 2 N–H and O–H groups in total. The Morgan fingerprint density at radius 3 is 2.23 bits per heavy atom. The molecule has 0 spiro atoms. The summed E-state index contributed by atoms with van der Waals surface area (Å²) in [6, 6.07) is 15.3. The minimum atomic E-state index is -0.654. The van der Waals surface area contributed by atoms with Crippen LogP contribution in [0.15, 0.2) is 48.5 Å². The highest BCUT2D eigenvalue weighted by Gasteiger charge is 2.24. The fourth-order valence-corrected chi connectivity index (χ4v) is 3.60. The number of ether oxygens (including phenoxy) is 1. The van der Waals surface area contributed by atoms with Crippen LogP contribution in [0, 0.1) is 0 Å². The van der Waals surface area contributed by atoms with Crippen molar-refractivity contribution in [3.05, 3.63) is 64.7 Å². The lowest BCUT2D eigenvalue weighted by Gasteiger charge is -2.35. The van der Waals surface area contributed by atoms with E-state index in [0.29, 0.717) is 24.8 Å². The first-order chi connectivity index (χ1) is 14.9. The van der Waals surface area contributed by atoms with Crippen molar-refractivity contribution in [2.45, 2.75) is 12.6 Å². The molecule has 3 rings (SSSR count). The molecule has 2 aromatic carbocycles. The van der Waals surface area contributed by atoms with E-state index in [-0.39, 0.29) is 12.6 Å². The second kappa shape index (κ2) is 11.1. The number of nitrogens with one attached hydrogen (secondary N) is 2. The maximum atomic E-state index is 12.4. The van der Waals surface area contributed by atoms with Crippen LogP contribution in [-0.2, 0) is 20.9 Å². The number of hydrogen-bond acceptors (Lipinski definition) is 5. The second-order valence-electron chi connectivity index (χ2n) is 7.67. The maximum absolute atomic E-state index is 12.4. The van der Waals surface area contributed by atoms with E-state index in [4.69, 9.17) is 16.3 Å². The fraction of sp³-hybridized carbons (Fsp3) is 0.391. The largest absolute Gasteiger partial charge is 0.379 e. The zero-order valence-corrected chi connectivity index (χ0v) is 18.7. The molecule has 2 amide bonds. The molecule has 7 nitrogen and oxygen atoms in total. The van der Waals surface area contributed by atoms with Crippen LogP contribution in [0.25, 0.3) is 0 Å². The predicted octanol–water partition coefficient (Wildman–Crippen LogP) is 2.21. The van der Waals surface area contributed by atoms with Crippen LogP contribution in [-0.4, -0.2) is 63.7 Å². The highest BCUT2D eigenvalue weighted by Crippen LogP contribution is 2.23. The van der Waals surface area contributed by atoms with Crippen LogP contribution in [0.5, 0.6) is 0 Å². The highest BCUT2D eigenvalue weighted by atomic mass is 35.5. The standard InChI is InChI=1S/C23H29ClN4O3/c1-27(2)20-9-5-18(6-10-20)21(28-11-13-31-14-12-28)16-26-23(30)22(29)25-15-17-3-7-19(24)8-4-17/h3-10,21H,11-16H2,1-2H3,(H,25,29)(H,26,30)/t21-/m1/s1. The third-order valence-corrected chi connectivity index (χ3v) is 5.56. The third kappa shape index (κ3) is 6.69. The summed E-state index contributed by atoms with van der Waals surface area (Å²) >= 11 is 5.87. The van der Waals surface area contributed by atoms with Crippen molar-refractivity contribution in [3.63, 3.8) is 0 Å². The minimum absolute atomic E-state index is 0.0341. The molecule has 1 atom stereocenters. The van der Waals surface area contributed by atoms with Gasteiger partial charge in [0.2, 0.25) is 0 Å². The quantitative estimate of drug-likeness (QED) is 0.640. The van der Waals surface area contributed by atoms with Gasteiger partial charge in [-0.25, -0.2) is 0 Å². The average Bonchev–Trinajstić information content (AvgIpc) is 2.79. The molecular formula is C23H29ClN4O3. The number of morpholine rings is 1. The molecule has 2 aromatic rings. The number of benzene rings is 2. The molecule has 1 aliphatic heterocycles. The van der Waals surface area contributed by atoms with Crippen molar-refractivity contribution in [1.29, 1.82) is 0 Å². The van der Waals surface area contributed by atoms with Gasteiger partial charge in [0.25, 0.3) is 0 Å². The Bertz CT molecular complexity index is 865. The van der Waals surface area contributed by atoms with E-state index >= 15 is 0 Å². The second-order valence-corrected chi connectivity index (χ2v) is 8.11. The lowest BCUT2D eigenvalue weighted by Crippen LogP contribution is -2.46. The molecule has 0 unspecified atom stereocenters. The van der Waals surface area contributed by atoms with E-state index in [1.807, 2.05) is 31.1 Å². The number of halogens is 1. The summed E-state index contributed by atoms with van der Waals surface area (Å²) in [6.45, 7) is 3.47. The Balaban J connectivity index is 1.60. The van der Waals surface area contributed by atoms with Gasteiger partial charge in [-0.2, -0.15) is 0 Å². The molecule has 0 aromatic heterocycles. The summed E-state index contributed by atoms with van der Waals surface area (Å²) in [5.41, 5.74) is 3.07. The van der Waals surface area contributed by atoms with Crippen LogP contribution in [0.3, 0.4) is 0 Å². The van der Waals surface area contributed by atoms with E-state index in [1.165, 1.54) is 0 Å². The molecule has 166 valence electrons.